The number of aromatic nitrogens is 2. The van der Waals surface area contributed by atoms with Crippen LogP contribution < -0.4 is 14.4 Å². The molecule has 5 nitrogen and oxygen atoms in total. The van der Waals surface area contributed by atoms with Crippen LogP contribution in [0.15, 0.2) is 18.5 Å². The highest BCUT2D eigenvalue weighted by atomic mass is 16.5. The first-order valence-corrected chi connectivity index (χ1v) is 7.46. The van der Waals surface area contributed by atoms with Crippen LogP contribution in [0.2, 0.25) is 0 Å². The summed E-state index contributed by atoms with van der Waals surface area (Å²) in [4.78, 5) is 11.3. The highest BCUT2D eigenvalue weighted by Gasteiger charge is 2.18. The molecular formula is C16H21N3O2. The smallest absolute Gasteiger partial charge is 0.187 e. The normalized spacial score (nSPS) is 15.8. The average molecular weight is 287 g/mol. The van der Waals surface area contributed by atoms with Gasteiger partial charge in [-0.25, -0.2) is 9.97 Å². The van der Waals surface area contributed by atoms with Crippen LogP contribution in [0.25, 0.3) is 10.9 Å². The van der Waals surface area contributed by atoms with Gasteiger partial charge in [0.1, 0.15) is 17.7 Å². The van der Waals surface area contributed by atoms with Crippen molar-refractivity contribution >= 4 is 16.7 Å². The lowest BCUT2D eigenvalue weighted by Gasteiger charge is -2.23. The van der Waals surface area contributed by atoms with Gasteiger partial charge in [-0.15, -0.1) is 0 Å². The minimum absolute atomic E-state index is 0.675. The summed E-state index contributed by atoms with van der Waals surface area (Å²) < 4.78 is 10.8. The first kappa shape index (κ1) is 13.9. The number of ether oxygens (including phenoxy) is 2. The van der Waals surface area contributed by atoms with E-state index in [1.807, 2.05) is 12.1 Å². The lowest BCUT2D eigenvalue weighted by atomic mass is 10.2. The maximum Gasteiger partial charge on any atom is 0.187 e. The fraction of sp³-hybridized carbons (Fsp3) is 0.500. The molecular weight excluding hydrogens is 266 g/mol. The Kier molecular flexibility index (Phi) is 4.08. The number of fused-ring (bicyclic) bond motifs is 1. The molecule has 0 saturated carbocycles. The van der Waals surface area contributed by atoms with E-state index in [2.05, 4.69) is 14.9 Å². The van der Waals surface area contributed by atoms with E-state index in [1.54, 1.807) is 20.5 Å². The molecule has 0 aliphatic carbocycles. The Morgan fingerprint density at radius 1 is 0.952 bits per heavy atom. The zero-order valence-corrected chi connectivity index (χ0v) is 12.6. The predicted molar refractivity (Wildman–Crippen MR) is 83.3 cm³/mol. The van der Waals surface area contributed by atoms with E-state index in [1.165, 1.54) is 25.7 Å². The molecule has 0 amide bonds. The Morgan fingerprint density at radius 2 is 1.71 bits per heavy atom. The molecule has 21 heavy (non-hydrogen) atoms. The van der Waals surface area contributed by atoms with Gasteiger partial charge in [-0.1, -0.05) is 12.8 Å². The van der Waals surface area contributed by atoms with E-state index in [0.717, 1.165) is 29.8 Å². The molecule has 5 heteroatoms. The fourth-order valence-electron chi connectivity index (χ4n) is 2.96. The van der Waals surface area contributed by atoms with E-state index in [0.29, 0.717) is 11.5 Å². The molecule has 0 atom stereocenters. The van der Waals surface area contributed by atoms with Crippen molar-refractivity contribution in [3.05, 3.63) is 18.5 Å². The van der Waals surface area contributed by atoms with E-state index >= 15 is 0 Å². The van der Waals surface area contributed by atoms with Crippen LogP contribution in [0.3, 0.4) is 0 Å². The summed E-state index contributed by atoms with van der Waals surface area (Å²) in [5, 5.41) is 1.03. The number of hydrogen-bond donors (Lipinski definition) is 0. The topological polar surface area (TPSA) is 47.5 Å². The zero-order chi connectivity index (χ0) is 14.7. The summed E-state index contributed by atoms with van der Waals surface area (Å²) >= 11 is 0. The molecule has 1 saturated heterocycles. The Bertz CT molecular complexity index is 622. The summed E-state index contributed by atoms with van der Waals surface area (Å²) in [5.74, 6) is 2.38. The third kappa shape index (κ3) is 2.60. The number of hydrogen-bond acceptors (Lipinski definition) is 5. The van der Waals surface area contributed by atoms with Crippen LogP contribution in [0, 0.1) is 0 Å². The minimum atomic E-state index is 0.675. The quantitative estimate of drug-likeness (QED) is 0.868. The van der Waals surface area contributed by atoms with Gasteiger partial charge in [-0.3, -0.25) is 0 Å². The van der Waals surface area contributed by atoms with Crippen molar-refractivity contribution in [1.29, 1.82) is 0 Å². The van der Waals surface area contributed by atoms with Crippen molar-refractivity contribution < 1.29 is 9.47 Å². The lowest BCUT2D eigenvalue weighted by molar-refractivity contribution is 0.358. The first-order valence-electron chi connectivity index (χ1n) is 7.46. The molecule has 112 valence electrons. The highest BCUT2D eigenvalue weighted by molar-refractivity contribution is 5.95. The molecule has 1 aromatic carbocycles. The lowest BCUT2D eigenvalue weighted by Crippen LogP contribution is -2.25. The Balaban J connectivity index is 2.11. The van der Waals surface area contributed by atoms with E-state index in [4.69, 9.17) is 9.47 Å². The standard InChI is InChI=1S/C16H21N3O2/c1-20-13-8-7-12-14(15(13)21-2)17-11-18-16(12)19-9-5-3-4-6-10-19/h7-8,11H,3-6,9-10H2,1-2H3. The predicted octanol–water partition coefficient (Wildman–Crippen LogP) is 3.03. The van der Waals surface area contributed by atoms with Gasteiger partial charge in [-0.2, -0.15) is 0 Å². The largest absolute Gasteiger partial charge is 0.493 e. The van der Waals surface area contributed by atoms with Gasteiger partial charge in [0.15, 0.2) is 11.5 Å². The van der Waals surface area contributed by atoms with E-state index in [-0.39, 0.29) is 0 Å². The van der Waals surface area contributed by atoms with E-state index < -0.39 is 0 Å². The van der Waals surface area contributed by atoms with Crippen LogP contribution in [0.5, 0.6) is 11.5 Å². The molecule has 2 heterocycles. The van der Waals surface area contributed by atoms with Gasteiger partial charge >= 0.3 is 0 Å². The second-order valence-electron chi connectivity index (χ2n) is 5.30. The van der Waals surface area contributed by atoms with Gasteiger partial charge in [0.25, 0.3) is 0 Å². The minimum Gasteiger partial charge on any atom is -0.493 e. The van der Waals surface area contributed by atoms with Crippen LogP contribution in [-0.4, -0.2) is 37.3 Å². The zero-order valence-electron chi connectivity index (χ0n) is 12.6. The molecule has 1 aromatic heterocycles. The molecule has 1 fully saturated rings. The molecule has 1 aliphatic rings. The van der Waals surface area contributed by atoms with Crippen LogP contribution >= 0.6 is 0 Å². The molecule has 0 unspecified atom stereocenters. The van der Waals surface area contributed by atoms with Gasteiger partial charge in [-0.05, 0) is 25.0 Å². The maximum absolute atomic E-state index is 5.48. The maximum atomic E-state index is 5.48. The van der Waals surface area contributed by atoms with E-state index in [9.17, 15) is 0 Å². The number of benzene rings is 1. The molecule has 2 aromatic rings. The van der Waals surface area contributed by atoms with Gasteiger partial charge in [0.2, 0.25) is 0 Å². The average Bonchev–Trinajstić information content (AvgIpc) is 2.82. The summed E-state index contributed by atoms with van der Waals surface area (Å²) in [7, 11) is 3.28. The van der Waals surface area contributed by atoms with Crippen LogP contribution in [-0.2, 0) is 0 Å². The Labute approximate surface area is 124 Å². The van der Waals surface area contributed by atoms with Crippen molar-refractivity contribution in [2.45, 2.75) is 25.7 Å². The molecule has 0 spiro atoms. The first-order chi connectivity index (χ1) is 10.3. The molecule has 3 rings (SSSR count). The highest BCUT2D eigenvalue weighted by Crippen LogP contribution is 2.37. The van der Waals surface area contributed by atoms with Crippen molar-refractivity contribution in [3.8, 4) is 11.5 Å². The van der Waals surface area contributed by atoms with Gasteiger partial charge < -0.3 is 14.4 Å². The summed E-state index contributed by atoms with van der Waals surface area (Å²) in [6, 6.07) is 3.95. The molecule has 1 aliphatic heterocycles. The molecule has 0 radical (unpaired) electrons. The number of methoxy groups -OCH3 is 2. The summed E-state index contributed by atoms with van der Waals surface area (Å²) in [5.41, 5.74) is 0.811. The Morgan fingerprint density at radius 3 is 2.38 bits per heavy atom. The molecule has 0 bridgehead atoms. The second kappa shape index (κ2) is 6.16. The van der Waals surface area contributed by atoms with Crippen molar-refractivity contribution in [3.63, 3.8) is 0 Å². The summed E-state index contributed by atoms with van der Waals surface area (Å²) in [6.07, 6.45) is 6.66. The number of nitrogens with zero attached hydrogens (tertiary/aromatic N) is 3. The van der Waals surface area contributed by atoms with Crippen LogP contribution in [0.1, 0.15) is 25.7 Å². The fourth-order valence-corrected chi connectivity index (χ4v) is 2.96. The van der Waals surface area contributed by atoms with Gasteiger partial charge in [0, 0.05) is 18.5 Å². The SMILES string of the molecule is COc1ccc2c(N3CCCCCC3)ncnc2c1OC. The second-order valence-corrected chi connectivity index (χ2v) is 5.30. The molecule has 0 N–H and O–H groups in total. The summed E-state index contributed by atoms with van der Waals surface area (Å²) in [6.45, 7) is 2.11. The third-order valence-corrected chi connectivity index (χ3v) is 4.03. The van der Waals surface area contributed by atoms with Crippen molar-refractivity contribution in [1.82, 2.24) is 9.97 Å². The monoisotopic (exact) mass is 287 g/mol. The third-order valence-electron chi connectivity index (χ3n) is 4.03. The van der Waals surface area contributed by atoms with Crippen LogP contribution in [0.4, 0.5) is 5.82 Å². The van der Waals surface area contributed by atoms with Gasteiger partial charge in [0.05, 0.1) is 14.2 Å². The number of rotatable bonds is 3. The van der Waals surface area contributed by atoms with Crippen molar-refractivity contribution in [2.24, 2.45) is 0 Å². The van der Waals surface area contributed by atoms with Crippen molar-refractivity contribution in [2.75, 3.05) is 32.2 Å². The Hall–Kier alpha value is -2.04. The number of anilines is 1.